The zero-order valence-corrected chi connectivity index (χ0v) is 33.9. The van der Waals surface area contributed by atoms with Gasteiger partial charge >= 0.3 is 0 Å². The monoisotopic (exact) mass is 771 g/mol. The molecule has 11 rings (SSSR count). The largest absolute Gasteiger partial charge is 0.310 e. The van der Waals surface area contributed by atoms with Crippen molar-refractivity contribution in [3.05, 3.63) is 223 Å². The molecule has 0 N–H and O–H groups in total. The number of thiophene rings is 1. The Bertz CT molecular complexity index is 3170. The van der Waals surface area contributed by atoms with Crippen LogP contribution in [0.4, 0.5) is 17.1 Å². The van der Waals surface area contributed by atoms with E-state index in [1.54, 1.807) is 0 Å². The van der Waals surface area contributed by atoms with Gasteiger partial charge in [0.2, 0.25) is 0 Å². The second-order valence-corrected chi connectivity index (χ2v) is 17.2. The maximum absolute atomic E-state index is 2.44. The van der Waals surface area contributed by atoms with Crippen LogP contribution in [0.2, 0.25) is 0 Å². The summed E-state index contributed by atoms with van der Waals surface area (Å²) in [7, 11) is 0. The number of anilines is 3. The van der Waals surface area contributed by atoms with E-state index in [1.165, 1.54) is 86.9 Å². The van der Waals surface area contributed by atoms with Crippen molar-refractivity contribution in [3.8, 4) is 55.6 Å². The van der Waals surface area contributed by atoms with Crippen molar-refractivity contribution in [2.45, 2.75) is 19.3 Å². The smallest absolute Gasteiger partial charge is 0.0546 e. The first kappa shape index (κ1) is 35.2. The number of nitrogens with zero attached hydrogens (tertiary/aromatic N) is 1. The van der Waals surface area contributed by atoms with Gasteiger partial charge in [-0.3, -0.25) is 0 Å². The molecule has 0 bridgehead atoms. The van der Waals surface area contributed by atoms with E-state index in [4.69, 9.17) is 0 Å². The van der Waals surface area contributed by atoms with Crippen LogP contribution >= 0.6 is 11.3 Å². The first-order valence-corrected chi connectivity index (χ1v) is 21.2. The van der Waals surface area contributed by atoms with Crippen LogP contribution in [-0.4, -0.2) is 0 Å². The molecule has 10 aromatic rings. The number of para-hydroxylation sites is 1. The molecule has 0 amide bonds. The average molecular weight is 772 g/mol. The fourth-order valence-electron chi connectivity index (χ4n) is 9.35. The van der Waals surface area contributed by atoms with Crippen LogP contribution in [0.15, 0.2) is 212 Å². The molecule has 1 nitrogen and oxygen atoms in total. The molecule has 1 aliphatic carbocycles. The van der Waals surface area contributed by atoms with Gasteiger partial charge in [0.15, 0.2) is 0 Å². The second-order valence-electron chi connectivity index (χ2n) is 16.1. The lowest BCUT2D eigenvalue weighted by molar-refractivity contribution is 0.660. The van der Waals surface area contributed by atoms with E-state index in [9.17, 15) is 0 Å². The Kier molecular flexibility index (Phi) is 8.43. The van der Waals surface area contributed by atoms with Crippen molar-refractivity contribution in [3.63, 3.8) is 0 Å². The SMILES string of the molecule is CC1(C)c2ccccc2-c2cc(-c3cccc(N(c4ccccc4)c4cccc(-c5ccc6c(c5)sc5ccccc56)c4)c3-c3ccc(-c4ccccc4)cc3)ccc21. The molecule has 0 spiro atoms. The molecule has 9 aromatic carbocycles. The van der Waals surface area contributed by atoms with E-state index in [0.717, 1.165) is 17.1 Å². The third-order valence-corrected chi connectivity index (χ3v) is 13.4. The molecule has 280 valence electrons. The highest BCUT2D eigenvalue weighted by atomic mass is 32.1. The molecule has 0 saturated heterocycles. The van der Waals surface area contributed by atoms with E-state index in [2.05, 4.69) is 231 Å². The summed E-state index contributed by atoms with van der Waals surface area (Å²) in [5.74, 6) is 0. The van der Waals surface area contributed by atoms with E-state index in [1.807, 2.05) is 11.3 Å². The van der Waals surface area contributed by atoms with Crippen LogP contribution in [-0.2, 0) is 5.41 Å². The summed E-state index contributed by atoms with van der Waals surface area (Å²) in [5, 5.41) is 2.64. The van der Waals surface area contributed by atoms with Crippen LogP contribution in [0.5, 0.6) is 0 Å². The zero-order chi connectivity index (χ0) is 39.5. The van der Waals surface area contributed by atoms with Crippen LogP contribution in [0.3, 0.4) is 0 Å². The molecule has 0 atom stereocenters. The highest BCUT2D eigenvalue weighted by Gasteiger charge is 2.35. The van der Waals surface area contributed by atoms with Gasteiger partial charge in [0.1, 0.15) is 0 Å². The normalized spacial score (nSPS) is 12.7. The topological polar surface area (TPSA) is 3.24 Å². The molecule has 1 aromatic heterocycles. The van der Waals surface area contributed by atoms with Gasteiger partial charge in [0.25, 0.3) is 0 Å². The van der Waals surface area contributed by atoms with Gasteiger partial charge in [-0.15, -0.1) is 11.3 Å². The molecule has 0 aliphatic heterocycles. The molecule has 0 unspecified atom stereocenters. The van der Waals surface area contributed by atoms with Gasteiger partial charge in [0, 0.05) is 42.5 Å². The lowest BCUT2D eigenvalue weighted by Crippen LogP contribution is -2.14. The summed E-state index contributed by atoms with van der Waals surface area (Å²) >= 11 is 1.87. The number of hydrogen-bond donors (Lipinski definition) is 0. The Morgan fingerprint density at radius 1 is 0.356 bits per heavy atom. The molecular weight excluding hydrogens is 731 g/mol. The number of benzene rings is 9. The predicted octanol–water partition coefficient (Wildman–Crippen LogP) is 16.5. The first-order chi connectivity index (χ1) is 29.0. The van der Waals surface area contributed by atoms with Gasteiger partial charge in [-0.2, -0.15) is 0 Å². The van der Waals surface area contributed by atoms with Gasteiger partial charge in [-0.25, -0.2) is 0 Å². The summed E-state index contributed by atoms with van der Waals surface area (Å²) in [6.07, 6.45) is 0. The molecule has 2 heteroatoms. The van der Waals surface area contributed by atoms with E-state index in [0.29, 0.717) is 0 Å². The summed E-state index contributed by atoms with van der Waals surface area (Å²) in [6, 6.07) is 78.2. The Balaban J connectivity index is 1.11. The fraction of sp³-hybridized carbons (Fsp3) is 0.0526. The van der Waals surface area contributed by atoms with E-state index >= 15 is 0 Å². The Labute approximate surface area is 350 Å². The van der Waals surface area contributed by atoms with Crippen molar-refractivity contribution >= 4 is 48.6 Å². The van der Waals surface area contributed by atoms with Crippen molar-refractivity contribution in [2.75, 3.05) is 4.90 Å². The van der Waals surface area contributed by atoms with Crippen LogP contribution in [0, 0.1) is 0 Å². The van der Waals surface area contributed by atoms with Gasteiger partial charge in [-0.05, 0) is 110 Å². The lowest BCUT2D eigenvalue weighted by Gasteiger charge is -2.30. The zero-order valence-electron chi connectivity index (χ0n) is 33.1. The lowest BCUT2D eigenvalue weighted by atomic mass is 9.82. The number of fused-ring (bicyclic) bond motifs is 6. The van der Waals surface area contributed by atoms with Crippen molar-refractivity contribution in [1.29, 1.82) is 0 Å². The summed E-state index contributed by atoms with van der Waals surface area (Å²) in [4.78, 5) is 2.44. The quantitative estimate of drug-likeness (QED) is 0.156. The molecule has 1 heterocycles. The predicted molar refractivity (Wildman–Crippen MR) is 253 cm³/mol. The standard InChI is InChI=1S/C57H41NS/c1-57(2)51-24-11-9-21-47(51)50-36-43(32-34-52(50)57)46-23-14-25-53(56(46)40-29-27-39(28-30-40)38-15-5-3-6-16-38)58(44-18-7-4-8-19-44)45-20-13-17-41(35-45)42-31-33-49-48-22-10-12-26-54(48)59-55(49)37-42/h3-37H,1-2H3. The molecule has 0 saturated carbocycles. The van der Waals surface area contributed by atoms with Crippen LogP contribution in [0.1, 0.15) is 25.0 Å². The Hall–Kier alpha value is -7.00. The third kappa shape index (κ3) is 5.99. The summed E-state index contributed by atoms with van der Waals surface area (Å²) in [6.45, 7) is 4.70. The third-order valence-electron chi connectivity index (χ3n) is 12.3. The minimum Gasteiger partial charge on any atom is -0.310 e. The highest BCUT2D eigenvalue weighted by Crippen LogP contribution is 2.52. The van der Waals surface area contributed by atoms with Crippen LogP contribution in [0.25, 0.3) is 75.8 Å². The molecule has 59 heavy (non-hydrogen) atoms. The van der Waals surface area contributed by atoms with Gasteiger partial charge < -0.3 is 4.90 Å². The molecule has 1 aliphatic rings. The van der Waals surface area contributed by atoms with Crippen molar-refractivity contribution in [2.24, 2.45) is 0 Å². The summed E-state index contributed by atoms with van der Waals surface area (Å²) in [5.41, 5.74) is 18.3. The van der Waals surface area contributed by atoms with E-state index < -0.39 is 0 Å². The Morgan fingerprint density at radius 2 is 0.932 bits per heavy atom. The number of hydrogen-bond acceptors (Lipinski definition) is 2. The Morgan fingerprint density at radius 3 is 1.78 bits per heavy atom. The average Bonchev–Trinajstić information content (AvgIpc) is 3.78. The minimum atomic E-state index is -0.0565. The molecule has 0 radical (unpaired) electrons. The first-order valence-electron chi connectivity index (χ1n) is 20.4. The van der Waals surface area contributed by atoms with Gasteiger partial charge in [-0.1, -0.05) is 178 Å². The minimum absolute atomic E-state index is 0.0565. The van der Waals surface area contributed by atoms with Crippen molar-refractivity contribution in [1.82, 2.24) is 0 Å². The second kappa shape index (κ2) is 14.1. The highest BCUT2D eigenvalue weighted by molar-refractivity contribution is 7.25. The fourth-order valence-corrected chi connectivity index (χ4v) is 10.5. The van der Waals surface area contributed by atoms with Gasteiger partial charge in [0.05, 0.1) is 5.69 Å². The molecular formula is C57H41NS. The maximum Gasteiger partial charge on any atom is 0.0546 e. The van der Waals surface area contributed by atoms with Crippen molar-refractivity contribution < 1.29 is 0 Å². The molecule has 0 fully saturated rings. The number of rotatable bonds is 7. The maximum atomic E-state index is 2.44. The van der Waals surface area contributed by atoms with Crippen LogP contribution < -0.4 is 4.90 Å². The van der Waals surface area contributed by atoms with E-state index in [-0.39, 0.29) is 5.41 Å². The summed E-state index contributed by atoms with van der Waals surface area (Å²) < 4.78 is 2.63.